The number of aromatic nitrogens is 4. The van der Waals surface area contributed by atoms with Crippen molar-refractivity contribution in [3.8, 4) is 5.75 Å². The van der Waals surface area contributed by atoms with Gasteiger partial charge in [-0.05, 0) is 35.4 Å². The number of tetrazole rings is 1. The van der Waals surface area contributed by atoms with E-state index in [1.54, 1.807) is 4.68 Å². The summed E-state index contributed by atoms with van der Waals surface area (Å²) >= 11 is 1.08. The number of carbonyl (C=O) groups is 1. The second kappa shape index (κ2) is 7.48. The van der Waals surface area contributed by atoms with E-state index in [-0.39, 0.29) is 23.2 Å². The Hall–Kier alpha value is -2.37. The average molecular weight is 391 g/mol. The maximum Gasteiger partial charge on any atom is 0.422 e. The van der Waals surface area contributed by atoms with Gasteiger partial charge in [0.05, 0.1) is 17.5 Å². The van der Waals surface area contributed by atoms with Crippen LogP contribution < -0.4 is 10.1 Å². The van der Waals surface area contributed by atoms with E-state index in [9.17, 15) is 22.4 Å². The zero-order chi connectivity index (χ0) is 18.7. The van der Waals surface area contributed by atoms with Gasteiger partial charge in [-0.3, -0.25) is 4.79 Å². The highest BCUT2D eigenvalue weighted by Crippen LogP contribution is 2.36. The molecule has 0 atom stereocenters. The zero-order valence-corrected chi connectivity index (χ0v) is 14.0. The van der Waals surface area contributed by atoms with Gasteiger partial charge in [0.25, 0.3) is 0 Å². The van der Waals surface area contributed by atoms with E-state index in [4.69, 9.17) is 0 Å². The summed E-state index contributed by atoms with van der Waals surface area (Å²) in [4.78, 5) is 12.1. The van der Waals surface area contributed by atoms with Crippen LogP contribution in [0.1, 0.15) is 18.9 Å². The van der Waals surface area contributed by atoms with E-state index >= 15 is 0 Å². The van der Waals surface area contributed by atoms with E-state index in [1.165, 1.54) is 0 Å². The van der Waals surface area contributed by atoms with Crippen molar-refractivity contribution in [3.63, 3.8) is 0 Å². The van der Waals surface area contributed by atoms with Crippen LogP contribution in [0.4, 0.5) is 23.2 Å². The van der Waals surface area contributed by atoms with E-state index in [0.29, 0.717) is 5.16 Å². The number of halogens is 4. The van der Waals surface area contributed by atoms with Gasteiger partial charge in [-0.25, -0.2) is 9.07 Å². The highest BCUT2D eigenvalue weighted by atomic mass is 32.2. The molecule has 0 radical (unpaired) electrons. The van der Waals surface area contributed by atoms with Crippen LogP contribution >= 0.6 is 11.8 Å². The Morgan fingerprint density at radius 1 is 1.38 bits per heavy atom. The second-order valence-corrected chi connectivity index (χ2v) is 6.46. The lowest BCUT2D eigenvalue weighted by Crippen LogP contribution is -2.21. The Morgan fingerprint density at radius 2 is 2.15 bits per heavy atom. The van der Waals surface area contributed by atoms with Gasteiger partial charge in [0.2, 0.25) is 11.1 Å². The first kappa shape index (κ1) is 18.4. The number of rotatable bonds is 7. The van der Waals surface area contributed by atoms with Gasteiger partial charge in [-0.15, -0.1) is 5.10 Å². The predicted molar refractivity (Wildman–Crippen MR) is 83.4 cm³/mol. The largest absolute Gasteiger partial charge is 0.482 e. The highest BCUT2D eigenvalue weighted by molar-refractivity contribution is 7.99. The average Bonchev–Trinajstić information content (AvgIpc) is 3.29. The van der Waals surface area contributed by atoms with Crippen molar-refractivity contribution in [3.05, 3.63) is 24.0 Å². The fourth-order valence-electron chi connectivity index (χ4n) is 2.03. The van der Waals surface area contributed by atoms with Crippen LogP contribution in [0.5, 0.6) is 5.75 Å². The molecule has 0 aliphatic heterocycles. The molecular formula is C14H13F4N5O2S. The van der Waals surface area contributed by atoms with Crippen molar-refractivity contribution in [2.24, 2.45) is 0 Å². The number of anilines is 1. The van der Waals surface area contributed by atoms with Crippen LogP contribution in [0, 0.1) is 5.82 Å². The number of alkyl halides is 3. The molecule has 0 bridgehead atoms. The molecule has 7 nitrogen and oxygen atoms in total. The Balaban J connectivity index is 1.61. The minimum absolute atomic E-state index is 0.0949. The molecule has 2 aromatic rings. The first-order chi connectivity index (χ1) is 12.3. The molecule has 1 aliphatic carbocycles. The monoisotopic (exact) mass is 391 g/mol. The van der Waals surface area contributed by atoms with Crippen LogP contribution in [-0.2, 0) is 4.79 Å². The molecule has 1 N–H and O–H groups in total. The van der Waals surface area contributed by atoms with Gasteiger partial charge in [0, 0.05) is 6.07 Å². The molecule has 1 aromatic heterocycles. The number of benzene rings is 1. The lowest BCUT2D eigenvalue weighted by molar-refractivity contribution is -0.153. The normalized spacial score (nSPS) is 14.3. The van der Waals surface area contributed by atoms with E-state index in [1.807, 2.05) is 0 Å². The zero-order valence-electron chi connectivity index (χ0n) is 13.2. The Labute approximate surface area is 149 Å². The van der Waals surface area contributed by atoms with Crippen molar-refractivity contribution >= 4 is 23.4 Å². The fourth-order valence-corrected chi connectivity index (χ4v) is 2.77. The molecule has 12 heteroatoms. The van der Waals surface area contributed by atoms with Crippen LogP contribution in [-0.4, -0.2) is 44.7 Å². The molecule has 26 heavy (non-hydrogen) atoms. The molecular weight excluding hydrogens is 378 g/mol. The summed E-state index contributed by atoms with van der Waals surface area (Å²) in [5, 5.41) is 14.0. The molecule has 1 aromatic carbocycles. The fraction of sp³-hybridized carbons (Fsp3) is 0.429. The summed E-state index contributed by atoms with van der Waals surface area (Å²) in [5.74, 6) is -1.64. The van der Waals surface area contributed by atoms with Crippen LogP contribution in [0.2, 0.25) is 0 Å². The Kier molecular flexibility index (Phi) is 5.30. The number of ether oxygens (including phenoxy) is 1. The van der Waals surface area contributed by atoms with Gasteiger partial charge in [-0.2, -0.15) is 13.2 Å². The molecule has 1 aliphatic rings. The van der Waals surface area contributed by atoms with Gasteiger partial charge in [-0.1, -0.05) is 11.8 Å². The Morgan fingerprint density at radius 3 is 2.85 bits per heavy atom. The summed E-state index contributed by atoms with van der Waals surface area (Å²) in [6.07, 6.45) is -2.62. The summed E-state index contributed by atoms with van der Waals surface area (Å²) < 4.78 is 56.5. The lowest BCUT2D eigenvalue weighted by atomic mass is 10.3. The molecule has 0 unspecified atom stereocenters. The third kappa shape index (κ3) is 5.07. The quantitative estimate of drug-likeness (QED) is 0.577. The number of thioether (sulfide) groups is 1. The smallest absolute Gasteiger partial charge is 0.422 e. The number of carbonyl (C=O) groups excluding carboxylic acids is 1. The van der Waals surface area contributed by atoms with Gasteiger partial charge >= 0.3 is 6.18 Å². The van der Waals surface area contributed by atoms with E-state index in [2.05, 4.69) is 25.6 Å². The van der Waals surface area contributed by atoms with Gasteiger partial charge in [0.1, 0.15) is 11.6 Å². The Bertz CT molecular complexity index is 794. The van der Waals surface area contributed by atoms with Crippen molar-refractivity contribution in [2.75, 3.05) is 17.7 Å². The van der Waals surface area contributed by atoms with Gasteiger partial charge < -0.3 is 10.1 Å². The third-order valence-corrected chi connectivity index (χ3v) is 4.23. The first-order valence-electron chi connectivity index (χ1n) is 7.51. The number of amides is 1. The summed E-state index contributed by atoms with van der Waals surface area (Å²) in [6.45, 7) is -1.55. The van der Waals surface area contributed by atoms with Crippen LogP contribution in [0.15, 0.2) is 23.4 Å². The third-order valence-electron chi connectivity index (χ3n) is 3.29. The molecule has 1 saturated carbocycles. The van der Waals surface area contributed by atoms with Gasteiger partial charge in [0.15, 0.2) is 6.61 Å². The molecule has 140 valence electrons. The minimum atomic E-state index is -4.55. The molecule has 1 amide bonds. The highest BCUT2D eigenvalue weighted by Gasteiger charge is 2.29. The number of hydrogen-bond donors (Lipinski definition) is 1. The topological polar surface area (TPSA) is 81.9 Å². The molecule has 1 fully saturated rings. The molecule has 1 heterocycles. The number of nitrogens with zero attached hydrogens (tertiary/aromatic N) is 4. The minimum Gasteiger partial charge on any atom is -0.482 e. The number of hydrogen-bond acceptors (Lipinski definition) is 6. The second-order valence-electron chi connectivity index (χ2n) is 5.52. The van der Waals surface area contributed by atoms with Crippen molar-refractivity contribution in [1.82, 2.24) is 20.2 Å². The van der Waals surface area contributed by atoms with Crippen molar-refractivity contribution in [1.29, 1.82) is 0 Å². The summed E-state index contributed by atoms with van der Waals surface area (Å²) in [7, 11) is 0. The maximum atomic E-state index is 13.4. The predicted octanol–water partition coefficient (Wildman–Crippen LogP) is 2.82. The molecule has 3 rings (SSSR count). The van der Waals surface area contributed by atoms with Crippen molar-refractivity contribution in [2.45, 2.75) is 30.2 Å². The van der Waals surface area contributed by atoms with Crippen molar-refractivity contribution < 1.29 is 27.1 Å². The SMILES string of the molecule is O=C(CSc1nnnn1C1CC1)Nc1cc(F)ccc1OCC(F)(F)F. The van der Waals surface area contributed by atoms with Crippen LogP contribution in [0.3, 0.4) is 0 Å². The first-order valence-corrected chi connectivity index (χ1v) is 8.50. The summed E-state index contributed by atoms with van der Waals surface area (Å²) in [6, 6.07) is 3.10. The van der Waals surface area contributed by atoms with E-state index < -0.39 is 24.5 Å². The summed E-state index contributed by atoms with van der Waals surface area (Å²) in [5.41, 5.74) is -0.179. The molecule has 0 saturated heterocycles. The standard InChI is InChI=1S/C14H13F4N5O2S/c15-8-1-4-11(25-7-14(16,17)18)10(5-8)19-12(24)6-26-13-20-21-22-23(13)9-2-3-9/h1,4-5,9H,2-3,6-7H2,(H,19,24). The lowest BCUT2D eigenvalue weighted by Gasteiger charge is -2.14. The van der Waals surface area contributed by atoms with E-state index in [0.717, 1.165) is 42.8 Å². The van der Waals surface area contributed by atoms with Crippen LogP contribution in [0.25, 0.3) is 0 Å². The number of nitrogens with one attached hydrogen (secondary N) is 1. The maximum absolute atomic E-state index is 13.4. The molecule has 0 spiro atoms.